The van der Waals surface area contributed by atoms with Crippen molar-refractivity contribution < 1.29 is 33.6 Å². The molecule has 0 saturated carbocycles. The van der Waals surface area contributed by atoms with Gasteiger partial charge in [-0.15, -0.1) is 0 Å². The summed E-state index contributed by atoms with van der Waals surface area (Å²) in [5.41, 5.74) is 0. The van der Waals surface area contributed by atoms with Gasteiger partial charge in [0.2, 0.25) is 5.76 Å². The summed E-state index contributed by atoms with van der Waals surface area (Å²) in [5, 5.41) is 9.66. The lowest BCUT2D eigenvalue weighted by atomic mass is 10.2. The van der Waals surface area contributed by atoms with Crippen LogP contribution in [0.4, 0.5) is 0 Å². The maximum absolute atomic E-state index is 11.4. The van der Waals surface area contributed by atoms with Crippen LogP contribution in [0.25, 0.3) is 0 Å². The summed E-state index contributed by atoms with van der Waals surface area (Å²) in [4.78, 5) is 11.4. The Kier molecular flexibility index (Phi) is 3.98. The van der Waals surface area contributed by atoms with Gasteiger partial charge in [-0.05, 0) is 13.8 Å². The molecule has 1 saturated heterocycles. The zero-order chi connectivity index (χ0) is 14.0. The molecule has 2 aliphatic rings. The van der Waals surface area contributed by atoms with Crippen LogP contribution in [0.1, 0.15) is 13.8 Å². The predicted octanol–water partition coefficient (Wildman–Crippen LogP) is 0.496. The molecule has 0 unspecified atom stereocenters. The molecule has 1 fully saturated rings. The van der Waals surface area contributed by atoms with Crippen molar-refractivity contribution in [1.82, 2.24) is 0 Å². The first kappa shape index (κ1) is 14.1. The molecule has 2 rings (SSSR count). The number of rotatable bonds is 5. The summed E-state index contributed by atoms with van der Waals surface area (Å²) in [7, 11) is 1.53. The molecule has 7 nitrogen and oxygen atoms in total. The van der Waals surface area contributed by atoms with E-state index in [0.717, 1.165) is 0 Å². The monoisotopic (exact) mass is 274 g/mol. The van der Waals surface area contributed by atoms with Gasteiger partial charge in [0, 0.05) is 7.11 Å². The number of carbonyl (C=O) groups excluding carboxylic acids is 1. The molecule has 0 aromatic rings. The van der Waals surface area contributed by atoms with Gasteiger partial charge in [0.1, 0.15) is 12.7 Å². The van der Waals surface area contributed by atoms with Crippen LogP contribution in [0.5, 0.6) is 0 Å². The van der Waals surface area contributed by atoms with Gasteiger partial charge in [-0.3, -0.25) is 0 Å². The highest BCUT2D eigenvalue weighted by Crippen LogP contribution is 2.32. The lowest BCUT2D eigenvalue weighted by Crippen LogP contribution is -2.33. The summed E-state index contributed by atoms with van der Waals surface area (Å²) in [6.45, 7) is 4.33. The third kappa shape index (κ3) is 2.99. The smallest absolute Gasteiger partial charge is 0.378 e. The number of hydrogen-bond acceptors (Lipinski definition) is 7. The van der Waals surface area contributed by atoms with Crippen molar-refractivity contribution in [2.75, 3.05) is 26.9 Å². The van der Waals surface area contributed by atoms with E-state index in [-0.39, 0.29) is 19.0 Å². The van der Waals surface area contributed by atoms with Crippen LogP contribution in [-0.2, 0) is 28.5 Å². The van der Waals surface area contributed by atoms with Crippen molar-refractivity contribution in [2.45, 2.75) is 31.8 Å². The van der Waals surface area contributed by atoms with Crippen molar-refractivity contribution in [1.29, 1.82) is 0 Å². The SMILES string of the molecule is COCCOC1=C(O)C(=O)O[C@@H]1[C@@H]1COC(C)(C)O1. The zero-order valence-corrected chi connectivity index (χ0v) is 11.2. The summed E-state index contributed by atoms with van der Waals surface area (Å²) < 4.78 is 26.3. The van der Waals surface area contributed by atoms with Crippen LogP contribution in [-0.4, -0.2) is 56.0 Å². The second kappa shape index (κ2) is 5.36. The second-order valence-electron chi connectivity index (χ2n) is 4.75. The zero-order valence-electron chi connectivity index (χ0n) is 11.2. The number of aliphatic hydroxyl groups is 1. The molecule has 108 valence electrons. The van der Waals surface area contributed by atoms with E-state index in [0.29, 0.717) is 6.61 Å². The van der Waals surface area contributed by atoms with Crippen molar-refractivity contribution in [3.63, 3.8) is 0 Å². The number of hydrogen-bond donors (Lipinski definition) is 1. The van der Waals surface area contributed by atoms with E-state index in [2.05, 4.69) is 0 Å². The molecule has 7 heteroatoms. The number of esters is 1. The fourth-order valence-corrected chi connectivity index (χ4v) is 1.95. The Hall–Kier alpha value is -1.31. The quantitative estimate of drug-likeness (QED) is 0.577. The highest BCUT2D eigenvalue weighted by Gasteiger charge is 2.47. The largest absolute Gasteiger partial charge is 0.499 e. The number of methoxy groups -OCH3 is 1. The third-order valence-corrected chi connectivity index (χ3v) is 2.83. The summed E-state index contributed by atoms with van der Waals surface area (Å²) in [6, 6.07) is 0. The number of aliphatic hydroxyl groups excluding tert-OH is 1. The lowest BCUT2D eigenvalue weighted by molar-refractivity contribution is -0.163. The van der Waals surface area contributed by atoms with Crippen molar-refractivity contribution in [3.05, 3.63) is 11.5 Å². The highest BCUT2D eigenvalue weighted by atomic mass is 16.8. The Morgan fingerprint density at radius 1 is 1.42 bits per heavy atom. The fraction of sp³-hybridized carbons (Fsp3) is 0.750. The number of ether oxygens (including phenoxy) is 5. The Morgan fingerprint density at radius 3 is 2.74 bits per heavy atom. The Bertz CT molecular complexity index is 388. The van der Waals surface area contributed by atoms with Gasteiger partial charge in [0.25, 0.3) is 0 Å². The molecule has 0 bridgehead atoms. The van der Waals surface area contributed by atoms with Gasteiger partial charge in [0.05, 0.1) is 13.2 Å². The first-order valence-electron chi connectivity index (χ1n) is 6.02. The average Bonchev–Trinajstić information content (AvgIpc) is 2.83. The fourth-order valence-electron chi connectivity index (χ4n) is 1.95. The molecule has 19 heavy (non-hydrogen) atoms. The maximum Gasteiger partial charge on any atom is 0.378 e. The Balaban J connectivity index is 2.05. The normalized spacial score (nSPS) is 29.7. The van der Waals surface area contributed by atoms with E-state index in [1.807, 2.05) is 0 Å². The minimum Gasteiger partial charge on any atom is -0.499 e. The number of carbonyl (C=O) groups is 1. The van der Waals surface area contributed by atoms with E-state index in [1.165, 1.54) is 7.11 Å². The minimum absolute atomic E-state index is 0.0772. The molecular weight excluding hydrogens is 256 g/mol. The van der Waals surface area contributed by atoms with E-state index < -0.39 is 29.7 Å². The summed E-state index contributed by atoms with van der Waals surface area (Å²) in [5.74, 6) is -2.00. The van der Waals surface area contributed by atoms with Gasteiger partial charge in [-0.1, -0.05) is 0 Å². The van der Waals surface area contributed by atoms with Crippen LogP contribution in [0.15, 0.2) is 11.5 Å². The van der Waals surface area contributed by atoms with Crippen molar-refractivity contribution in [2.24, 2.45) is 0 Å². The van der Waals surface area contributed by atoms with E-state index in [9.17, 15) is 9.90 Å². The average molecular weight is 274 g/mol. The van der Waals surface area contributed by atoms with Gasteiger partial charge >= 0.3 is 5.97 Å². The van der Waals surface area contributed by atoms with Gasteiger partial charge < -0.3 is 28.8 Å². The van der Waals surface area contributed by atoms with Gasteiger partial charge in [0.15, 0.2) is 17.7 Å². The first-order valence-corrected chi connectivity index (χ1v) is 6.02. The van der Waals surface area contributed by atoms with Crippen LogP contribution in [0, 0.1) is 0 Å². The first-order chi connectivity index (χ1) is 8.94. The Morgan fingerprint density at radius 2 is 2.16 bits per heavy atom. The molecule has 0 amide bonds. The Labute approximate surface area is 111 Å². The predicted molar refractivity (Wildman–Crippen MR) is 62.3 cm³/mol. The lowest BCUT2D eigenvalue weighted by Gasteiger charge is -2.21. The summed E-state index contributed by atoms with van der Waals surface area (Å²) in [6.07, 6.45) is -1.28. The third-order valence-electron chi connectivity index (χ3n) is 2.83. The molecule has 2 atom stereocenters. The van der Waals surface area contributed by atoms with Crippen LogP contribution in [0.3, 0.4) is 0 Å². The van der Waals surface area contributed by atoms with Crippen molar-refractivity contribution in [3.8, 4) is 0 Å². The van der Waals surface area contributed by atoms with Crippen LogP contribution >= 0.6 is 0 Å². The topological polar surface area (TPSA) is 83.5 Å². The molecule has 0 aromatic heterocycles. The molecule has 0 aromatic carbocycles. The van der Waals surface area contributed by atoms with E-state index >= 15 is 0 Å². The standard InChI is InChI=1S/C12H18O7/c1-12(2)17-6-7(19-12)9-10(16-5-4-15-3)8(13)11(14)18-9/h7,9,13H,4-6H2,1-3H3/t7-,9+/m0/s1. The second-order valence-corrected chi connectivity index (χ2v) is 4.75. The summed E-state index contributed by atoms with van der Waals surface area (Å²) >= 11 is 0. The molecule has 0 spiro atoms. The van der Waals surface area contributed by atoms with E-state index in [4.69, 9.17) is 23.7 Å². The van der Waals surface area contributed by atoms with Gasteiger partial charge in [-0.25, -0.2) is 4.79 Å². The molecule has 2 heterocycles. The van der Waals surface area contributed by atoms with Crippen LogP contribution < -0.4 is 0 Å². The number of cyclic esters (lactones) is 1. The maximum atomic E-state index is 11.4. The van der Waals surface area contributed by atoms with Crippen molar-refractivity contribution >= 4 is 5.97 Å². The minimum atomic E-state index is -0.814. The molecular formula is C12H18O7. The molecule has 2 aliphatic heterocycles. The van der Waals surface area contributed by atoms with E-state index in [1.54, 1.807) is 13.8 Å². The van der Waals surface area contributed by atoms with Gasteiger partial charge in [-0.2, -0.15) is 0 Å². The van der Waals surface area contributed by atoms with Crippen LogP contribution in [0.2, 0.25) is 0 Å². The highest BCUT2D eigenvalue weighted by molar-refractivity contribution is 5.89. The molecule has 1 N–H and O–H groups in total. The molecule has 0 aliphatic carbocycles. The molecule has 0 radical (unpaired) electrons.